The zero-order valence-corrected chi connectivity index (χ0v) is 12.1. The van der Waals surface area contributed by atoms with E-state index in [9.17, 15) is 13.2 Å². The Labute approximate surface area is 119 Å². The summed E-state index contributed by atoms with van der Waals surface area (Å²) in [6.45, 7) is 0. The summed E-state index contributed by atoms with van der Waals surface area (Å²) in [5.74, 6) is -0.0145. The lowest BCUT2D eigenvalue weighted by molar-refractivity contribution is -0.120. The van der Waals surface area contributed by atoms with Crippen LogP contribution in [0.3, 0.4) is 0 Å². The molecule has 0 aromatic heterocycles. The molecule has 1 amide bonds. The van der Waals surface area contributed by atoms with Crippen LogP contribution in [-0.4, -0.2) is 21.4 Å². The molecular formula is C14H18N2O3S. The van der Waals surface area contributed by atoms with E-state index in [2.05, 4.69) is 16.1 Å². The van der Waals surface area contributed by atoms with Gasteiger partial charge in [-0.1, -0.05) is 12.2 Å². The van der Waals surface area contributed by atoms with Crippen molar-refractivity contribution in [2.45, 2.75) is 24.2 Å². The molecule has 0 radical (unpaired) electrons. The number of hydrogen-bond acceptors (Lipinski definition) is 3. The predicted octanol–water partition coefficient (Wildman–Crippen LogP) is 1.89. The average Bonchev–Trinajstić information content (AvgIpc) is 2.48. The van der Waals surface area contributed by atoms with Gasteiger partial charge in [0.15, 0.2) is 0 Å². The number of hydrogen-bond donors (Lipinski definition) is 2. The first-order valence-corrected chi connectivity index (χ1v) is 8.01. The van der Waals surface area contributed by atoms with E-state index >= 15 is 0 Å². The van der Waals surface area contributed by atoms with Crippen molar-refractivity contribution in [1.29, 1.82) is 0 Å². The number of allylic oxidation sites excluding steroid dienone is 2. The summed E-state index contributed by atoms with van der Waals surface area (Å²) in [5, 5.41) is 2.82. The number of benzene rings is 1. The van der Waals surface area contributed by atoms with Crippen molar-refractivity contribution in [3.63, 3.8) is 0 Å². The molecule has 108 valence electrons. The molecule has 2 rings (SSSR count). The molecule has 2 N–H and O–H groups in total. The summed E-state index contributed by atoms with van der Waals surface area (Å²) in [4.78, 5) is 12.2. The lowest BCUT2D eigenvalue weighted by Crippen LogP contribution is -2.23. The Balaban J connectivity index is 2.04. The highest BCUT2D eigenvalue weighted by molar-refractivity contribution is 7.89. The summed E-state index contributed by atoms with van der Waals surface area (Å²) in [5.41, 5.74) is 0.611. The molecule has 1 aromatic rings. The van der Waals surface area contributed by atoms with Crippen LogP contribution in [0.5, 0.6) is 0 Å². The molecule has 0 saturated heterocycles. The standard InChI is InChI=1S/C14H18N2O3S/c1-15-20(18,19)13-9-7-12(8-10-13)16-14(17)11-5-3-2-4-6-11/h2-3,7-11,15H,4-6H2,1H3,(H,16,17)/t11-/m0/s1. The van der Waals surface area contributed by atoms with Crippen LogP contribution in [-0.2, 0) is 14.8 Å². The lowest BCUT2D eigenvalue weighted by Gasteiger charge is -2.17. The smallest absolute Gasteiger partial charge is 0.240 e. The molecule has 1 aromatic carbocycles. The first-order valence-electron chi connectivity index (χ1n) is 6.52. The summed E-state index contributed by atoms with van der Waals surface area (Å²) < 4.78 is 25.4. The fraction of sp³-hybridized carbons (Fsp3) is 0.357. The first-order chi connectivity index (χ1) is 9.53. The maximum Gasteiger partial charge on any atom is 0.240 e. The second-order valence-corrected chi connectivity index (χ2v) is 6.59. The van der Waals surface area contributed by atoms with E-state index in [1.54, 1.807) is 12.1 Å². The molecule has 6 heteroatoms. The maximum atomic E-state index is 12.0. The lowest BCUT2D eigenvalue weighted by atomic mass is 9.93. The second-order valence-electron chi connectivity index (χ2n) is 4.70. The van der Waals surface area contributed by atoms with Crippen LogP contribution in [0.4, 0.5) is 5.69 Å². The Kier molecular flexibility index (Phi) is 4.57. The summed E-state index contributed by atoms with van der Waals surface area (Å²) in [7, 11) is -2.07. The molecule has 1 aliphatic rings. The molecule has 0 spiro atoms. The summed E-state index contributed by atoms with van der Waals surface area (Å²) in [6.07, 6.45) is 6.65. The Bertz CT molecular complexity index is 606. The van der Waals surface area contributed by atoms with E-state index in [-0.39, 0.29) is 16.7 Å². The van der Waals surface area contributed by atoms with Crippen LogP contribution in [0.25, 0.3) is 0 Å². The summed E-state index contributed by atoms with van der Waals surface area (Å²) in [6, 6.07) is 6.14. The monoisotopic (exact) mass is 294 g/mol. The Morgan fingerprint density at radius 3 is 2.45 bits per heavy atom. The molecule has 0 unspecified atom stereocenters. The Morgan fingerprint density at radius 1 is 1.20 bits per heavy atom. The van der Waals surface area contributed by atoms with Gasteiger partial charge in [0.1, 0.15) is 0 Å². The van der Waals surface area contributed by atoms with Crippen molar-refractivity contribution in [3.05, 3.63) is 36.4 Å². The van der Waals surface area contributed by atoms with Gasteiger partial charge in [0, 0.05) is 11.6 Å². The Hall–Kier alpha value is -1.66. The SMILES string of the molecule is CNS(=O)(=O)c1ccc(NC(=O)[C@H]2CC=CCC2)cc1. The summed E-state index contributed by atoms with van der Waals surface area (Å²) >= 11 is 0. The van der Waals surface area contributed by atoms with Gasteiger partial charge < -0.3 is 5.32 Å². The van der Waals surface area contributed by atoms with E-state index in [0.717, 1.165) is 19.3 Å². The average molecular weight is 294 g/mol. The molecule has 20 heavy (non-hydrogen) atoms. The van der Waals surface area contributed by atoms with Crippen molar-refractivity contribution < 1.29 is 13.2 Å². The fourth-order valence-electron chi connectivity index (χ4n) is 2.11. The number of anilines is 1. The number of rotatable bonds is 4. The first kappa shape index (κ1) is 14.7. The molecular weight excluding hydrogens is 276 g/mol. The van der Waals surface area contributed by atoms with E-state index in [1.165, 1.54) is 19.2 Å². The highest BCUT2D eigenvalue weighted by Gasteiger charge is 2.19. The molecule has 0 fully saturated rings. The zero-order chi connectivity index (χ0) is 14.6. The number of nitrogens with one attached hydrogen (secondary N) is 2. The third-order valence-electron chi connectivity index (χ3n) is 3.34. The minimum absolute atomic E-state index is 0.000664. The van der Waals surface area contributed by atoms with Gasteiger partial charge in [0.05, 0.1) is 4.90 Å². The van der Waals surface area contributed by atoms with Crippen molar-refractivity contribution >= 4 is 21.6 Å². The minimum Gasteiger partial charge on any atom is -0.326 e. The predicted molar refractivity (Wildman–Crippen MR) is 77.8 cm³/mol. The third kappa shape index (κ3) is 3.46. The zero-order valence-electron chi connectivity index (χ0n) is 11.3. The van der Waals surface area contributed by atoms with Gasteiger partial charge in [-0.2, -0.15) is 0 Å². The van der Waals surface area contributed by atoms with E-state index in [1.807, 2.05) is 6.08 Å². The number of sulfonamides is 1. The van der Waals surface area contributed by atoms with Crippen LogP contribution in [0, 0.1) is 5.92 Å². The van der Waals surface area contributed by atoms with Crippen LogP contribution < -0.4 is 10.0 Å². The number of amides is 1. The highest BCUT2D eigenvalue weighted by Crippen LogP contribution is 2.21. The minimum atomic E-state index is -3.44. The quantitative estimate of drug-likeness (QED) is 0.833. The Morgan fingerprint density at radius 2 is 1.90 bits per heavy atom. The third-order valence-corrected chi connectivity index (χ3v) is 4.77. The molecule has 0 aliphatic heterocycles. The van der Waals surface area contributed by atoms with Gasteiger partial charge in [-0.15, -0.1) is 0 Å². The number of carbonyl (C=O) groups excluding carboxylic acids is 1. The normalized spacial score (nSPS) is 18.8. The van der Waals surface area contributed by atoms with Crippen molar-refractivity contribution in [2.24, 2.45) is 5.92 Å². The van der Waals surface area contributed by atoms with Crippen LogP contribution in [0.1, 0.15) is 19.3 Å². The van der Waals surface area contributed by atoms with Gasteiger partial charge >= 0.3 is 0 Å². The molecule has 5 nitrogen and oxygen atoms in total. The van der Waals surface area contributed by atoms with Gasteiger partial charge in [0.2, 0.25) is 15.9 Å². The largest absolute Gasteiger partial charge is 0.326 e. The highest BCUT2D eigenvalue weighted by atomic mass is 32.2. The van der Waals surface area contributed by atoms with Crippen LogP contribution >= 0.6 is 0 Å². The number of carbonyl (C=O) groups is 1. The van der Waals surface area contributed by atoms with Crippen molar-refractivity contribution in [2.75, 3.05) is 12.4 Å². The van der Waals surface area contributed by atoms with Gasteiger partial charge in [-0.25, -0.2) is 13.1 Å². The van der Waals surface area contributed by atoms with Crippen molar-refractivity contribution in [3.8, 4) is 0 Å². The van der Waals surface area contributed by atoms with Gasteiger partial charge in [0.25, 0.3) is 0 Å². The van der Waals surface area contributed by atoms with E-state index in [4.69, 9.17) is 0 Å². The second kappa shape index (κ2) is 6.19. The molecule has 0 heterocycles. The molecule has 0 bridgehead atoms. The van der Waals surface area contributed by atoms with E-state index < -0.39 is 10.0 Å². The maximum absolute atomic E-state index is 12.0. The van der Waals surface area contributed by atoms with Gasteiger partial charge in [-0.05, 0) is 50.6 Å². The molecule has 1 atom stereocenters. The molecule has 1 aliphatic carbocycles. The molecule has 0 saturated carbocycles. The van der Waals surface area contributed by atoms with Gasteiger partial charge in [-0.3, -0.25) is 4.79 Å². The van der Waals surface area contributed by atoms with E-state index in [0.29, 0.717) is 5.69 Å². The topological polar surface area (TPSA) is 75.3 Å². The van der Waals surface area contributed by atoms with Crippen LogP contribution in [0.2, 0.25) is 0 Å². The van der Waals surface area contributed by atoms with Crippen molar-refractivity contribution in [1.82, 2.24) is 4.72 Å². The van der Waals surface area contributed by atoms with Crippen LogP contribution in [0.15, 0.2) is 41.3 Å². The fourth-order valence-corrected chi connectivity index (χ4v) is 2.84.